The molecule has 0 aromatic carbocycles. The second-order valence-corrected chi connectivity index (χ2v) is 4.18. The molecule has 10 heteroatoms. The van der Waals surface area contributed by atoms with Crippen LogP contribution in [0.25, 0.3) is 0 Å². The number of hydrogen-bond donors (Lipinski definition) is 2. The Bertz CT molecular complexity index is 562. The molecule has 2 aromatic rings. The smallest absolute Gasteiger partial charge is 0.308 e. The van der Waals surface area contributed by atoms with Gasteiger partial charge in [0.15, 0.2) is 5.16 Å². The minimum Gasteiger partial charge on any atom is -0.308 e. The Kier molecular flexibility index (Phi) is 3.81. The van der Waals surface area contributed by atoms with E-state index in [1.807, 2.05) is 0 Å². The molecule has 0 atom stereocenters. The largest absolute Gasteiger partial charge is 0.451 e. The van der Waals surface area contributed by atoms with E-state index < -0.39 is 12.0 Å². The summed E-state index contributed by atoms with van der Waals surface area (Å²) in [6.07, 6.45) is -1.70. The van der Waals surface area contributed by atoms with Gasteiger partial charge in [-0.1, -0.05) is 0 Å². The minimum atomic E-state index is -4.65. The molecule has 0 spiro atoms. The zero-order valence-electron chi connectivity index (χ0n) is 9.22. The number of rotatable bonds is 3. The van der Waals surface area contributed by atoms with E-state index in [9.17, 15) is 13.2 Å². The zero-order valence-corrected chi connectivity index (χ0v) is 10.0. The maximum atomic E-state index is 12.6. The highest BCUT2D eigenvalue weighted by molar-refractivity contribution is 7.99. The molecule has 19 heavy (non-hydrogen) atoms. The Hall–Kier alpha value is -1.94. The van der Waals surface area contributed by atoms with Crippen LogP contribution in [0.3, 0.4) is 0 Å². The predicted octanol–water partition coefficient (Wildman–Crippen LogP) is 1.72. The summed E-state index contributed by atoms with van der Waals surface area (Å²) in [7, 11) is 0. The fraction of sp³-hybridized carbons (Fsp3) is 0.111. The van der Waals surface area contributed by atoms with Gasteiger partial charge in [-0.25, -0.2) is 25.8 Å². The van der Waals surface area contributed by atoms with Crippen molar-refractivity contribution in [1.82, 2.24) is 19.9 Å². The van der Waals surface area contributed by atoms with E-state index in [0.717, 1.165) is 11.8 Å². The van der Waals surface area contributed by atoms with E-state index in [-0.39, 0.29) is 16.0 Å². The summed E-state index contributed by atoms with van der Waals surface area (Å²) in [6.45, 7) is 0. The molecule has 0 radical (unpaired) electrons. The van der Waals surface area contributed by atoms with Gasteiger partial charge >= 0.3 is 6.18 Å². The fourth-order valence-electron chi connectivity index (χ4n) is 1.11. The van der Waals surface area contributed by atoms with Crippen molar-refractivity contribution in [1.29, 1.82) is 0 Å². The maximum Gasteiger partial charge on any atom is 0.451 e. The van der Waals surface area contributed by atoms with Gasteiger partial charge in [-0.3, -0.25) is 0 Å². The van der Waals surface area contributed by atoms with Gasteiger partial charge in [0.2, 0.25) is 5.82 Å². The van der Waals surface area contributed by atoms with Gasteiger partial charge in [-0.05, 0) is 17.8 Å². The predicted molar refractivity (Wildman–Crippen MR) is 61.0 cm³/mol. The van der Waals surface area contributed by atoms with Gasteiger partial charge in [0.25, 0.3) is 0 Å². The SMILES string of the molecule is NNc1cc(Sc2ncccn2)nc(C(F)(F)F)n1. The maximum absolute atomic E-state index is 12.6. The third-order valence-corrected chi connectivity index (χ3v) is 2.65. The van der Waals surface area contributed by atoms with Crippen molar-refractivity contribution in [2.24, 2.45) is 5.84 Å². The molecule has 0 unspecified atom stereocenters. The van der Waals surface area contributed by atoms with Crippen molar-refractivity contribution in [2.45, 2.75) is 16.4 Å². The Balaban J connectivity index is 2.35. The van der Waals surface area contributed by atoms with Crippen LogP contribution in [-0.4, -0.2) is 19.9 Å². The van der Waals surface area contributed by atoms with Gasteiger partial charge in [0.1, 0.15) is 10.8 Å². The number of hydrazine groups is 1. The van der Waals surface area contributed by atoms with Crippen LogP contribution in [-0.2, 0) is 6.18 Å². The van der Waals surface area contributed by atoms with E-state index in [1.165, 1.54) is 18.5 Å². The topological polar surface area (TPSA) is 89.6 Å². The van der Waals surface area contributed by atoms with E-state index in [2.05, 4.69) is 25.4 Å². The molecule has 2 aromatic heterocycles. The first-order chi connectivity index (χ1) is 8.99. The van der Waals surface area contributed by atoms with Gasteiger partial charge in [0.05, 0.1) is 0 Å². The van der Waals surface area contributed by atoms with Crippen LogP contribution >= 0.6 is 11.8 Å². The van der Waals surface area contributed by atoms with Crippen LogP contribution in [0.4, 0.5) is 19.0 Å². The third-order valence-electron chi connectivity index (χ3n) is 1.84. The normalized spacial score (nSPS) is 11.4. The average Bonchev–Trinajstić information content (AvgIpc) is 2.38. The summed E-state index contributed by atoms with van der Waals surface area (Å²) < 4.78 is 37.8. The number of nitrogens with two attached hydrogens (primary N) is 1. The third kappa shape index (κ3) is 3.51. The Labute approximate surface area is 109 Å². The number of aromatic nitrogens is 4. The average molecular weight is 288 g/mol. The summed E-state index contributed by atoms with van der Waals surface area (Å²) in [5.41, 5.74) is 2.06. The second-order valence-electron chi connectivity index (χ2n) is 3.19. The molecule has 2 rings (SSSR count). The Morgan fingerprint density at radius 1 is 1.16 bits per heavy atom. The molecule has 3 N–H and O–H groups in total. The van der Waals surface area contributed by atoms with Crippen LogP contribution in [0.1, 0.15) is 5.82 Å². The van der Waals surface area contributed by atoms with Crippen LogP contribution < -0.4 is 11.3 Å². The molecule has 6 nitrogen and oxygen atoms in total. The lowest BCUT2D eigenvalue weighted by Crippen LogP contribution is -2.16. The number of nitrogens with one attached hydrogen (secondary N) is 1. The van der Waals surface area contributed by atoms with E-state index in [0.29, 0.717) is 0 Å². The van der Waals surface area contributed by atoms with Gasteiger partial charge in [0, 0.05) is 18.5 Å². The van der Waals surface area contributed by atoms with Crippen molar-refractivity contribution in [3.63, 3.8) is 0 Å². The van der Waals surface area contributed by atoms with Crippen molar-refractivity contribution in [3.8, 4) is 0 Å². The molecule has 2 heterocycles. The van der Waals surface area contributed by atoms with Crippen LogP contribution in [0, 0.1) is 0 Å². The van der Waals surface area contributed by atoms with Gasteiger partial charge < -0.3 is 5.43 Å². The van der Waals surface area contributed by atoms with Gasteiger partial charge in [-0.2, -0.15) is 13.2 Å². The van der Waals surface area contributed by atoms with E-state index >= 15 is 0 Å². The number of alkyl halides is 3. The lowest BCUT2D eigenvalue weighted by Gasteiger charge is -2.08. The summed E-state index contributed by atoms with van der Waals surface area (Å²) >= 11 is 0.879. The zero-order chi connectivity index (χ0) is 13.9. The summed E-state index contributed by atoms with van der Waals surface area (Å²) in [5, 5.41) is 0.318. The standard InChI is InChI=1S/C9H7F3N6S/c10-9(11,12)7-16-5(18-13)4-6(17-7)19-8-14-2-1-3-15-8/h1-4H,13H2,(H,16,17,18). The first kappa shape index (κ1) is 13.5. The molecule has 100 valence electrons. The quantitative estimate of drug-likeness (QED) is 0.384. The molecule has 0 aliphatic rings. The highest BCUT2D eigenvalue weighted by atomic mass is 32.2. The number of nitrogens with zero attached hydrogens (tertiary/aromatic N) is 4. The summed E-state index contributed by atoms with van der Waals surface area (Å²) in [6, 6.07) is 2.87. The molecule has 0 bridgehead atoms. The molecule has 0 amide bonds. The minimum absolute atomic E-state index is 0.0430. The first-order valence-electron chi connectivity index (χ1n) is 4.87. The van der Waals surface area contributed by atoms with E-state index in [1.54, 1.807) is 6.07 Å². The molecule has 0 fully saturated rings. The number of hydrogen-bond acceptors (Lipinski definition) is 7. The van der Waals surface area contributed by atoms with Crippen molar-refractivity contribution in [2.75, 3.05) is 5.43 Å². The van der Waals surface area contributed by atoms with Crippen molar-refractivity contribution < 1.29 is 13.2 Å². The lowest BCUT2D eigenvalue weighted by atomic mass is 10.5. The Morgan fingerprint density at radius 2 is 1.84 bits per heavy atom. The molecule has 0 saturated carbocycles. The second kappa shape index (κ2) is 5.36. The lowest BCUT2D eigenvalue weighted by molar-refractivity contribution is -0.145. The molecule has 0 aliphatic heterocycles. The van der Waals surface area contributed by atoms with Crippen LogP contribution in [0.5, 0.6) is 0 Å². The number of nitrogen functional groups attached to an aromatic ring is 1. The molecule has 0 aliphatic carbocycles. The van der Waals surface area contributed by atoms with Crippen molar-refractivity contribution >= 4 is 17.6 Å². The first-order valence-corrected chi connectivity index (χ1v) is 5.68. The van der Waals surface area contributed by atoms with Crippen molar-refractivity contribution in [3.05, 3.63) is 30.4 Å². The highest BCUT2D eigenvalue weighted by Crippen LogP contribution is 2.30. The number of halogens is 3. The Morgan fingerprint density at radius 3 is 2.42 bits per heavy atom. The summed E-state index contributed by atoms with van der Waals surface area (Å²) in [5.74, 6) is 3.66. The highest BCUT2D eigenvalue weighted by Gasteiger charge is 2.35. The molecular formula is C9H7F3N6S. The van der Waals surface area contributed by atoms with Crippen LogP contribution in [0.2, 0.25) is 0 Å². The molecule has 0 saturated heterocycles. The number of anilines is 1. The van der Waals surface area contributed by atoms with E-state index in [4.69, 9.17) is 5.84 Å². The monoisotopic (exact) mass is 288 g/mol. The molecular weight excluding hydrogens is 281 g/mol. The fourth-order valence-corrected chi connectivity index (χ4v) is 1.83. The van der Waals surface area contributed by atoms with Gasteiger partial charge in [-0.15, -0.1) is 0 Å². The summed E-state index contributed by atoms with van der Waals surface area (Å²) in [4.78, 5) is 14.4. The van der Waals surface area contributed by atoms with Crippen LogP contribution in [0.15, 0.2) is 34.7 Å².